The number of aromatic nitrogens is 1. The smallest absolute Gasteiger partial charge is 0.272 e. The van der Waals surface area contributed by atoms with Crippen molar-refractivity contribution in [2.75, 3.05) is 32.7 Å². The van der Waals surface area contributed by atoms with E-state index in [4.69, 9.17) is 28.9 Å². The number of nitrogens with zero attached hydrogens (tertiary/aromatic N) is 3. The topological polar surface area (TPSA) is 94.8 Å². The number of aliphatic imine (C=N–C) groups is 1. The van der Waals surface area contributed by atoms with Gasteiger partial charge in [0.1, 0.15) is 5.71 Å². The Morgan fingerprint density at radius 3 is 2.77 bits per heavy atom. The van der Waals surface area contributed by atoms with Gasteiger partial charge in [-0.3, -0.25) is 14.6 Å². The number of halogens is 2. The lowest BCUT2D eigenvalue weighted by atomic mass is 9.98. The van der Waals surface area contributed by atoms with Crippen molar-refractivity contribution in [1.82, 2.24) is 14.8 Å². The van der Waals surface area contributed by atoms with Gasteiger partial charge in [-0.05, 0) is 42.8 Å². The van der Waals surface area contributed by atoms with E-state index in [2.05, 4.69) is 16.6 Å². The van der Waals surface area contributed by atoms with E-state index in [1.54, 1.807) is 34.1 Å². The summed E-state index contributed by atoms with van der Waals surface area (Å²) in [6.07, 6.45) is 6.08. The molecule has 3 N–H and O–H groups in total. The molecule has 0 unspecified atom stereocenters. The van der Waals surface area contributed by atoms with Crippen LogP contribution in [0.3, 0.4) is 0 Å². The van der Waals surface area contributed by atoms with Crippen molar-refractivity contribution >= 4 is 52.4 Å². The van der Waals surface area contributed by atoms with Gasteiger partial charge in [0, 0.05) is 66.9 Å². The predicted octanol–water partition coefficient (Wildman–Crippen LogP) is 4.41. The second-order valence-electron chi connectivity index (χ2n) is 8.39. The number of hydrogen-bond donors (Lipinski definition) is 2. The minimum Gasteiger partial charge on any atom is -0.402 e. The highest BCUT2D eigenvalue weighted by molar-refractivity contribution is 6.46. The van der Waals surface area contributed by atoms with Crippen LogP contribution in [0.1, 0.15) is 35.0 Å². The molecule has 182 valence electrons. The Labute approximate surface area is 214 Å². The highest BCUT2D eigenvalue weighted by Gasteiger charge is 2.32. The molecule has 1 aromatic carbocycles. The number of carbonyl (C=O) groups is 2. The number of aromatic amines is 1. The van der Waals surface area contributed by atoms with Crippen LogP contribution >= 0.6 is 23.2 Å². The van der Waals surface area contributed by atoms with Gasteiger partial charge in [0.25, 0.3) is 11.8 Å². The number of benzene rings is 1. The van der Waals surface area contributed by atoms with Crippen molar-refractivity contribution in [3.63, 3.8) is 0 Å². The second kappa shape index (κ2) is 10.5. The van der Waals surface area contributed by atoms with E-state index in [0.717, 1.165) is 16.8 Å². The molecule has 0 saturated heterocycles. The van der Waals surface area contributed by atoms with Crippen LogP contribution in [-0.4, -0.2) is 65.0 Å². The fourth-order valence-electron chi connectivity index (χ4n) is 4.34. The first kappa shape index (κ1) is 24.8. The van der Waals surface area contributed by atoms with Crippen LogP contribution in [0.25, 0.3) is 11.6 Å². The molecule has 2 aromatic rings. The van der Waals surface area contributed by atoms with E-state index in [1.807, 2.05) is 25.3 Å². The molecule has 0 spiro atoms. The van der Waals surface area contributed by atoms with Crippen molar-refractivity contribution in [3.8, 4) is 0 Å². The molecule has 9 heteroatoms. The largest absolute Gasteiger partial charge is 0.402 e. The number of allylic oxidation sites excluding steroid dienone is 1. The van der Waals surface area contributed by atoms with Crippen molar-refractivity contribution in [3.05, 3.63) is 81.3 Å². The first-order valence-electron chi connectivity index (χ1n) is 11.3. The van der Waals surface area contributed by atoms with Crippen LogP contribution in [0.2, 0.25) is 10.0 Å². The molecule has 35 heavy (non-hydrogen) atoms. The van der Waals surface area contributed by atoms with Crippen LogP contribution in [0, 0.1) is 0 Å². The molecule has 2 aliphatic rings. The lowest BCUT2D eigenvalue weighted by Gasteiger charge is -2.33. The third-order valence-corrected chi connectivity index (χ3v) is 7.03. The normalized spacial score (nSPS) is 17.1. The molecular weight excluding hydrogens is 485 g/mol. The maximum absolute atomic E-state index is 13.5. The number of hydrogen-bond acceptors (Lipinski definition) is 4. The molecule has 0 atom stereocenters. The summed E-state index contributed by atoms with van der Waals surface area (Å²) in [4.78, 5) is 37.7. The van der Waals surface area contributed by atoms with Gasteiger partial charge in [0.2, 0.25) is 0 Å². The maximum Gasteiger partial charge on any atom is 0.272 e. The highest BCUT2D eigenvalue weighted by atomic mass is 35.5. The summed E-state index contributed by atoms with van der Waals surface area (Å²) < 4.78 is 0. The molecule has 0 fully saturated rings. The van der Waals surface area contributed by atoms with Crippen molar-refractivity contribution in [2.24, 2.45) is 10.7 Å². The van der Waals surface area contributed by atoms with Gasteiger partial charge in [-0.15, -0.1) is 0 Å². The molecular formula is C26H27Cl2N5O2. The monoisotopic (exact) mass is 511 g/mol. The average molecular weight is 512 g/mol. The summed E-state index contributed by atoms with van der Waals surface area (Å²) in [6.45, 7) is 7.87. The summed E-state index contributed by atoms with van der Waals surface area (Å²) in [6, 6.07) is 6.76. The quantitative estimate of drug-likeness (QED) is 0.601. The zero-order valence-electron chi connectivity index (χ0n) is 19.5. The van der Waals surface area contributed by atoms with Gasteiger partial charge >= 0.3 is 0 Å². The minimum absolute atomic E-state index is 0.187. The number of carbonyl (C=O) groups excluding carboxylic acids is 2. The molecule has 0 aliphatic carbocycles. The van der Waals surface area contributed by atoms with Crippen molar-refractivity contribution in [1.29, 1.82) is 0 Å². The van der Waals surface area contributed by atoms with Crippen LogP contribution in [0.15, 0.2) is 59.4 Å². The summed E-state index contributed by atoms with van der Waals surface area (Å²) in [5.74, 6) is -0.386. The highest BCUT2D eigenvalue weighted by Crippen LogP contribution is 2.26. The fourth-order valence-corrected chi connectivity index (χ4v) is 4.63. The maximum atomic E-state index is 13.5. The van der Waals surface area contributed by atoms with Gasteiger partial charge in [-0.2, -0.15) is 0 Å². The van der Waals surface area contributed by atoms with E-state index < -0.39 is 0 Å². The van der Waals surface area contributed by atoms with Crippen LogP contribution in [-0.2, 0) is 4.79 Å². The van der Waals surface area contributed by atoms with Gasteiger partial charge in [-0.1, -0.05) is 35.9 Å². The zero-order valence-corrected chi connectivity index (χ0v) is 21.0. The first-order chi connectivity index (χ1) is 16.8. The fraction of sp³-hybridized carbons (Fsp3) is 0.269. The minimum atomic E-state index is -0.199. The lowest BCUT2D eigenvalue weighted by molar-refractivity contribution is -0.123. The van der Waals surface area contributed by atoms with Gasteiger partial charge in [-0.25, -0.2) is 0 Å². The van der Waals surface area contributed by atoms with Gasteiger partial charge < -0.3 is 20.5 Å². The third-order valence-electron chi connectivity index (χ3n) is 6.30. The van der Waals surface area contributed by atoms with E-state index in [1.165, 1.54) is 0 Å². The SMILES string of the molecule is C=Cc1[nH]ccc1/C(=C\C)CN1CCN=C(C2=C(N)CCN(C(=O)c3ccc(Cl)c(Cl)c3)C2)C1=O. The summed E-state index contributed by atoms with van der Waals surface area (Å²) >= 11 is 12.1. The standard InChI is InChI=1S/C26H27Cl2N5O2/c1-3-16(18-7-9-30-23(18)4-2)14-33-12-10-31-24(26(33)35)19-15-32(11-8-22(19)29)25(34)17-5-6-20(27)21(28)13-17/h3-7,9,13,30H,2,8,10-12,14-15,29H2,1H3/b16-3-. The molecule has 0 radical (unpaired) electrons. The molecule has 7 nitrogen and oxygen atoms in total. The first-order valence-corrected chi connectivity index (χ1v) is 12.1. The molecule has 2 aliphatic heterocycles. The Balaban J connectivity index is 1.53. The molecule has 0 saturated carbocycles. The Morgan fingerprint density at radius 1 is 1.26 bits per heavy atom. The molecule has 4 rings (SSSR count). The average Bonchev–Trinajstić information content (AvgIpc) is 3.34. The molecule has 1 aromatic heterocycles. The van der Waals surface area contributed by atoms with Gasteiger partial charge in [0.15, 0.2) is 0 Å². The molecule has 0 bridgehead atoms. The van der Waals surface area contributed by atoms with Crippen molar-refractivity contribution < 1.29 is 9.59 Å². The van der Waals surface area contributed by atoms with E-state index >= 15 is 0 Å². The van der Waals surface area contributed by atoms with Crippen molar-refractivity contribution in [2.45, 2.75) is 13.3 Å². The summed E-state index contributed by atoms with van der Waals surface area (Å²) in [7, 11) is 0. The summed E-state index contributed by atoms with van der Waals surface area (Å²) in [5.41, 5.74) is 11.2. The number of nitrogens with one attached hydrogen (secondary N) is 1. The van der Waals surface area contributed by atoms with Crippen LogP contribution < -0.4 is 5.73 Å². The molecule has 2 amide bonds. The predicted molar refractivity (Wildman–Crippen MR) is 142 cm³/mol. The summed E-state index contributed by atoms with van der Waals surface area (Å²) in [5, 5.41) is 0.698. The number of amides is 2. The van der Waals surface area contributed by atoms with Gasteiger partial charge in [0.05, 0.1) is 16.6 Å². The van der Waals surface area contributed by atoms with Crippen LogP contribution in [0.5, 0.6) is 0 Å². The van der Waals surface area contributed by atoms with E-state index in [0.29, 0.717) is 65.2 Å². The Kier molecular flexibility index (Phi) is 7.48. The van der Waals surface area contributed by atoms with E-state index in [9.17, 15) is 9.59 Å². The zero-order chi connectivity index (χ0) is 25.1. The Hall–Kier alpha value is -3.29. The number of rotatable bonds is 6. The third kappa shape index (κ3) is 5.06. The second-order valence-corrected chi connectivity index (χ2v) is 9.20. The Morgan fingerprint density at radius 2 is 2.06 bits per heavy atom. The number of H-pyrrole nitrogens is 1. The lowest BCUT2D eigenvalue weighted by Crippen LogP contribution is -2.47. The van der Waals surface area contributed by atoms with E-state index in [-0.39, 0.29) is 18.4 Å². The Bertz CT molecular complexity index is 1270. The van der Waals surface area contributed by atoms with Crippen LogP contribution in [0.4, 0.5) is 0 Å². The number of nitrogens with two attached hydrogens (primary N) is 1. The molecule has 3 heterocycles.